The number of benzene rings is 1. The number of nitrogens with zero attached hydrogens (tertiary/aromatic N) is 4. The summed E-state index contributed by atoms with van der Waals surface area (Å²) in [5.74, 6) is 0.921. The number of anilines is 3. The van der Waals surface area contributed by atoms with Gasteiger partial charge in [0.15, 0.2) is 5.82 Å². The first-order valence-corrected chi connectivity index (χ1v) is 6.87. The molecule has 0 unspecified atom stereocenters. The zero-order chi connectivity index (χ0) is 15.7. The highest BCUT2D eigenvalue weighted by molar-refractivity contribution is 6.01. The molecule has 0 fully saturated rings. The first-order valence-electron chi connectivity index (χ1n) is 6.87. The quantitative estimate of drug-likeness (QED) is 0.934. The van der Waals surface area contributed by atoms with Gasteiger partial charge < -0.3 is 15.1 Å². The number of rotatable bonds is 3. The van der Waals surface area contributed by atoms with E-state index in [4.69, 9.17) is 0 Å². The van der Waals surface area contributed by atoms with Crippen LogP contribution in [-0.2, 0) is 11.3 Å². The zero-order valence-corrected chi connectivity index (χ0v) is 12.4. The summed E-state index contributed by atoms with van der Waals surface area (Å²) in [4.78, 5) is 23.8. The fourth-order valence-corrected chi connectivity index (χ4v) is 2.27. The van der Waals surface area contributed by atoms with E-state index in [-0.39, 0.29) is 18.3 Å². The molecule has 0 radical (unpaired) electrons. The molecule has 22 heavy (non-hydrogen) atoms. The molecule has 1 aliphatic heterocycles. The fraction of sp³-hybridized carbons (Fsp3) is 0.267. The maximum absolute atomic E-state index is 12.9. The predicted octanol–water partition coefficient (Wildman–Crippen LogP) is 1.64. The van der Waals surface area contributed by atoms with Crippen molar-refractivity contribution in [1.82, 2.24) is 9.97 Å². The first kappa shape index (κ1) is 14.2. The van der Waals surface area contributed by atoms with Gasteiger partial charge in [-0.25, -0.2) is 9.37 Å². The molecule has 1 amide bonds. The largest absolute Gasteiger partial charge is 0.350 e. The maximum Gasteiger partial charge on any atom is 0.246 e. The Kier molecular flexibility index (Phi) is 3.62. The summed E-state index contributed by atoms with van der Waals surface area (Å²) in [7, 11) is 3.53. The van der Waals surface area contributed by atoms with Crippen molar-refractivity contribution in [2.75, 3.05) is 35.8 Å². The van der Waals surface area contributed by atoms with E-state index in [0.717, 1.165) is 5.56 Å². The third-order valence-corrected chi connectivity index (χ3v) is 3.58. The van der Waals surface area contributed by atoms with Crippen molar-refractivity contribution in [2.24, 2.45) is 0 Å². The van der Waals surface area contributed by atoms with E-state index in [1.165, 1.54) is 12.1 Å². The minimum atomic E-state index is -0.261. The molecule has 0 bridgehead atoms. The summed E-state index contributed by atoms with van der Waals surface area (Å²) in [5, 5.41) is 3.10. The number of amides is 1. The second kappa shape index (κ2) is 5.59. The molecule has 114 valence electrons. The number of halogens is 1. The number of fused-ring (bicyclic) bond motifs is 1. The van der Waals surface area contributed by atoms with Gasteiger partial charge in [0.1, 0.15) is 11.5 Å². The van der Waals surface area contributed by atoms with Crippen molar-refractivity contribution >= 4 is 23.4 Å². The van der Waals surface area contributed by atoms with Crippen molar-refractivity contribution < 1.29 is 9.18 Å². The van der Waals surface area contributed by atoms with Gasteiger partial charge in [0.05, 0.1) is 12.7 Å². The molecule has 1 aromatic carbocycles. The molecule has 3 rings (SSSR count). The van der Waals surface area contributed by atoms with Crippen LogP contribution in [0.1, 0.15) is 5.56 Å². The third kappa shape index (κ3) is 2.69. The lowest BCUT2D eigenvalue weighted by Gasteiger charge is -2.31. The minimum absolute atomic E-state index is 0.00520. The first-order chi connectivity index (χ1) is 10.5. The molecular weight excluding hydrogens is 285 g/mol. The van der Waals surface area contributed by atoms with Gasteiger partial charge in [-0.15, -0.1) is 0 Å². The van der Waals surface area contributed by atoms with Crippen molar-refractivity contribution in [3.63, 3.8) is 0 Å². The monoisotopic (exact) mass is 301 g/mol. The molecule has 0 saturated carbocycles. The topological polar surface area (TPSA) is 61.4 Å². The number of nitrogens with one attached hydrogen (secondary N) is 1. The van der Waals surface area contributed by atoms with Crippen LogP contribution in [-0.4, -0.2) is 36.5 Å². The smallest absolute Gasteiger partial charge is 0.246 e. The molecule has 0 atom stereocenters. The number of likely N-dealkylation sites (N-methyl/N-ethyl adjacent to an activating group) is 2. The van der Waals surface area contributed by atoms with Crippen LogP contribution < -0.4 is 15.1 Å². The van der Waals surface area contributed by atoms with Crippen LogP contribution in [0.15, 0.2) is 30.5 Å². The van der Waals surface area contributed by atoms with Crippen LogP contribution >= 0.6 is 0 Å². The number of aromatic nitrogens is 2. The molecule has 1 aliphatic rings. The molecule has 7 heteroatoms. The highest BCUT2D eigenvalue weighted by Crippen LogP contribution is 2.29. The second-order valence-electron chi connectivity index (χ2n) is 5.19. The molecular formula is C15H16FN5O. The summed E-state index contributed by atoms with van der Waals surface area (Å²) >= 11 is 0. The van der Waals surface area contributed by atoms with E-state index in [0.29, 0.717) is 24.0 Å². The minimum Gasteiger partial charge on any atom is -0.350 e. The Bertz CT molecular complexity index is 704. The lowest BCUT2D eigenvalue weighted by Crippen LogP contribution is -2.42. The lowest BCUT2D eigenvalue weighted by atomic mass is 10.2. The third-order valence-electron chi connectivity index (χ3n) is 3.58. The normalized spacial score (nSPS) is 14.0. The Morgan fingerprint density at radius 2 is 2.00 bits per heavy atom. The number of carbonyl (C=O) groups excluding carboxylic acids is 1. The van der Waals surface area contributed by atoms with Gasteiger partial charge in [0.2, 0.25) is 11.9 Å². The Balaban J connectivity index is 1.77. The summed E-state index contributed by atoms with van der Waals surface area (Å²) in [6.45, 7) is 0.787. The molecule has 1 aromatic heterocycles. The van der Waals surface area contributed by atoms with Crippen molar-refractivity contribution in [3.8, 4) is 0 Å². The maximum atomic E-state index is 12.9. The van der Waals surface area contributed by atoms with Crippen LogP contribution in [0.5, 0.6) is 0 Å². The van der Waals surface area contributed by atoms with E-state index in [2.05, 4.69) is 15.3 Å². The van der Waals surface area contributed by atoms with E-state index in [1.54, 1.807) is 35.2 Å². The Hall–Kier alpha value is -2.70. The van der Waals surface area contributed by atoms with E-state index < -0.39 is 0 Å². The Morgan fingerprint density at radius 3 is 2.73 bits per heavy atom. The number of hydrogen-bond donors (Lipinski definition) is 1. The van der Waals surface area contributed by atoms with Gasteiger partial charge in [0.25, 0.3) is 0 Å². The van der Waals surface area contributed by atoms with Crippen molar-refractivity contribution in [2.45, 2.75) is 6.54 Å². The summed E-state index contributed by atoms with van der Waals surface area (Å²) in [5.41, 5.74) is 1.62. The molecule has 0 spiro atoms. The van der Waals surface area contributed by atoms with Crippen LogP contribution in [0, 0.1) is 5.82 Å². The second-order valence-corrected chi connectivity index (χ2v) is 5.19. The average molecular weight is 301 g/mol. The van der Waals surface area contributed by atoms with Gasteiger partial charge >= 0.3 is 0 Å². The number of carbonyl (C=O) groups is 1. The molecule has 0 aliphatic carbocycles. The summed E-state index contributed by atoms with van der Waals surface area (Å²) in [6.07, 6.45) is 1.63. The SMILES string of the molecule is CN1CC(=O)N(C)c2cnc(NCc3ccc(F)cc3)nc21. The molecule has 2 aromatic rings. The van der Waals surface area contributed by atoms with Crippen LogP contribution in [0.4, 0.5) is 21.8 Å². The van der Waals surface area contributed by atoms with Gasteiger partial charge in [-0.2, -0.15) is 4.98 Å². The van der Waals surface area contributed by atoms with Gasteiger partial charge in [-0.1, -0.05) is 12.1 Å². The van der Waals surface area contributed by atoms with E-state index >= 15 is 0 Å². The lowest BCUT2D eigenvalue weighted by molar-refractivity contribution is -0.117. The van der Waals surface area contributed by atoms with Gasteiger partial charge in [-0.05, 0) is 17.7 Å². The van der Waals surface area contributed by atoms with Crippen LogP contribution in [0.2, 0.25) is 0 Å². The standard InChI is InChI=1S/C15H16FN5O/c1-20-9-13(22)21(2)12-8-18-15(19-14(12)20)17-7-10-3-5-11(16)6-4-10/h3-6,8H,7,9H2,1-2H3,(H,17,18,19). The molecule has 1 N–H and O–H groups in total. The molecule has 6 nitrogen and oxygen atoms in total. The molecule has 2 heterocycles. The van der Waals surface area contributed by atoms with Gasteiger partial charge in [0, 0.05) is 20.6 Å². The Labute approximate surface area is 127 Å². The van der Waals surface area contributed by atoms with Crippen molar-refractivity contribution in [3.05, 3.63) is 41.8 Å². The highest BCUT2D eigenvalue weighted by Gasteiger charge is 2.26. The van der Waals surface area contributed by atoms with Crippen LogP contribution in [0.3, 0.4) is 0 Å². The highest BCUT2D eigenvalue weighted by atomic mass is 19.1. The summed E-state index contributed by atoms with van der Waals surface area (Å²) < 4.78 is 12.9. The van der Waals surface area contributed by atoms with E-state index in [1.807, 2.05) is 7.05 Å². The Morgan fingerprint density at radius 1 is 1.27 bits per heavy atom. The fourth-order valence-electron chi connectivity index (χ4n) is 2.27. The van der Waals surface area contributed by atoms with Crippen LogP contribution in [0.25, 0.3) is 0 Å². The average Bonchev–Trinajstić information content (AvgIpc) is 2.52. The summed E-state index contributed by atoms with van der Waals surface area (Å²) in [6, 6.07) is 6.25. The molecule has 0 saturated heterocycles. The zero-order valence-electron chi connectivity index (χ0n) is 12.4. The van der Waals surface area contributed by atoms with E-state index in [9.17, 15) is 9.18 Å². The van der Waals surface area contributed by atoms with Crippen molar-refractivity contribution in [1.29, 1.82) is 0 Å². The predicted molar refractivity (Wildman–Crippen MR) is 82.4 cm³/mol. The number of hydrogen-bond acceptors (Lipinski definition) is 5. The van der Waals surface area contributed by atoms with Gasteiger partial charge in [-0.3, -0.25) is 4.79 Å².